The molecule has 0 aliphatic carbocycles. The Morgan fingerprint density at radius 2 is 1.84 bits per heavy atom. The number of guanidine groups is 1. The topological polar surface area (TPSA) is 78.4 Å². The van der Waals surface area contributed by atoms with Crippen molar-refractivity contribution in [3.8, 4) is 11.5 Å². The second-order valence-electron chi connectivity index (χ2n) is 7.74. The fourth-order valence-corrected chi connectivity index (χ4v) is 3.76. The maximum absolute atomic E-state index is 14.7. The van der Waals surface area contributed by atoms with Gasteiger partial charge in [-0.2, -0.15) is 0 Å². The molecule has 1 saturated heterocycles. The molecule has 3 N–H and O–H groups in total. The van der Waals surface area contributed by atoms with E-state index in [1.165, 1.54) is 0 Å². The molecule has 0 bridgehead atoms. The van der Waals surface area contributed by atoms with E-state index in [9.17, 15) is 9.50 Å². The van der Waals surface area contributed by atoms with Gasteiger partial charge in [0.05, 0.1) is 18.3 Å². The number of nitrogens with one attached hydrogen (secondary N) is 2. The third-order valence-corrected chi connectivity index (χ3v) is 5.48. The third-order valence-electron chi connectivity index (χ3n) is 5.48. The second-order valence-corrected chi connectivity index (χ2v) is 7.74. The molecule has 2 aromatic carbocycles. The van der Waals surface area contributed by atoms with Crippen LogP contribution in [-0.4, -0.2) is 43.6 Å². The van der Waals surface area contributed by atoms with Crippen molar-refractivity contribution in [1.29, 1.82) is 0 Å². The highest BCUT2D eigenvalue weighted by molar-refractivity contribution is 14.0. The summed E-state index contributed by atoms with van der Waals surface area (Å²) >= 11 is 0. The van der Waals surface area contributed by atoms with Crippen molar-refractivity contribution in [2.24, 2.45) is 4.99 Å². The van der Waals surface area contributed by atoms with Gasteiger partial charge >= 0.3 is 0 Å². The van der Waals surface area contributed by atoms with Gasteiger partial charge in [-0.15, -0.1) is 24.0 Å². The molecule has 2 aromatic rings. The second kappa shape index (κ2) is 11.6. The van der Waals surface area contributed by atoms with E-state index in [2.05, 4.69) is 15.6 Å². The van der Waals surface area contributed by atoms with Crippen LogP contribution in [0.25, 0.3) is 0 Å². The number of aliphatic hydroxyl groups excluding tert-OH is 1. The lowest BCUT2D eigenvalue weighted by atomic mass is 10.1. The zero-order valence-electron chi connectivity index (χ0n) is 18.1. The lowest BCUT2D eigenvalue weighted by molar-refractivity contribution is 0.145. The van der Waals surface area contributed by atoms with Gasteiger partial charge in [0, 0.05) is 26.2 Å². The van der Waals surface area contributed by atoms with Crippen LogP contribution in [0.3, 0.4) is 0 Å². The van der Waals surface area contributed by atoms with Gasteiger partial charge in [0.15, 0.2) is 17.5 Å². The number of hydrogen-bond donors (Lipinski definition) is 3. The van der Waals surface area contributed by atoms with Crippen molar-refractivity contribution >= 4 is 35.6 Å². The molecule has 0 saturated carbocycles. The number of anilines is 1. The molecule has 7 nitrogen and oxygen atoms in total. The zero-order valence-corrected chi connectivity index (χ0v) is 20.5. The quantitative estimate of drug-likeness (QED) is 0.288. The van der Waals surface area contributed by atoms with Crippen molar-refractivity contribution in [3.05, 3.63) is 53.3 Å². The van der Waals surface area contributed by atoms with Gasteiger partial charge in [0.1, 0.15) is 5.82 Å². The lowest BCUT2D eigenvalue weighted by Crippen LogP contribution is -2.36. The van der Waals surface area contributed by atoms with E-state index in [0.717, 1.165) is 29.2 Å². The molecule has 0 spiro atoms. The summed E-state index contributed by atoms with van der Waals surface area (Å²) in [6, 6.07) is 11.1. The number of benzene rings is 2. The van der Waals surface area contributed by atoms with E-state index in [1.54, 1.807) is 6.07 Å². The summed E-state index contributed by atoms with van der Waals surface area (Å²) in [5.74, 6) is 1.92. The number of piperidine rings is 1. The van der Waals surface area contributed by atoms with Crippen LogP contribution in [0.5, 0.6) is 11.5 Å². The number of aliphatic imine (C=N–C) groups is 1. The molecule has 0 aromatic heterocycles. The molecule has 2 aliphatic heterocycles. The monoisotopic (exact) mass is 556 g/mol. The molecular formula is C23H30FIN4O3. The van der Waals surface area contributed by atoms with E-state index < -0.39 is 0 Å². The van der Waals surface area contributed by atoms with E-state index in [4.69, 9.17) is 9.47 Å². The Hall–Kier alpha value is -2.27. The van der Waals surface area contributed by atoms with Crippen LogP contribution in [0, 0.1) is 5.82 Å². The SMILES string of the molecule is CCNC(=NCc1ccc(N2CCC(O)CC2)c(F)c1)NCc1ccc2c(c1)OCO2.I. The molecule has 4 rings (SSSR count). The van der Waals surface area contributed by atoms with Crippen LogP contribution < -0.4 is 25.0 Å². The number of fused-ring (bicyclic) bond motifs is 1. The minimum absolute atomic E-state index is 0. The molecule has 0 amide bonds. The van der Waals surface area contributed by atoms with Crippen LogP contribution in [0.1, 0.15) is 30.9 Å². The number of hydrogen-bond acceptors (Lipinski definition) is 5. The largest absolute Gasteiger partial charge is 0.454 e. The van der Waals surface area contributed by atoms with Crippen molar-refractivity contribution in [2.75, 3.05) is 31.3 Å². The number of halogens is 2. The molecule has 1 fully saturated rings. The highest BCUT2D eigenvalue weighted by Crippen LogP contribution is 2.32. The molecule has 0 unspecified atom stereocenters. The van der Waals surface area contributed by atoms with Crippen LogP contribution in [0.2, 0.25) is 0 Å². The predicted octanol–water partition coefficient (Wildman–Crippen LogP) is 3.39. The smallest absolute Gasteiger partial charge is 0.231 e. The standard InChI is InChI=1S/C23H29FN4O3.HI/c1-2-25-23(27-14-17-4-6-21-22(12-17)31-15-30-21)26-13-16-3-5-20(19(24)11-16)28-9-7-18(29)8-10-28;/h3-6,11-12,18,29H,2,7-10,13-15H2,1H3,(H2,25,26,27);1H. The molecule has 9 heteroatoms. The van der Waals surface area contributed by atoms with Crippen molar-refractivity contribution in [2.45, 2.75) is 39.0 Å². The van der Waals surface area contributed by atoms with Gasteiger partial charge in [-0.3, -0.25) is 0 Å². The first-order chi connectivity index (χ1) is 15.1. The van der Waals surface area contributed by atoms with E-state index >= 15 is 0 Å². The Kier molecular flexibility index (Phi) is 8.80. The van der Waals surface area contributed by atoms with Gasteiger partial charge in [0.2, 0.25) is 6.79 Å². The van der Waals surface area contributed by atoms with Crippen LogP contribution >= 0.6 is 24.0 Å². The van der Waals surface area contributed by atoms with Gasteiger partial charge < -0.3 is 30.1 Å². The Morgan fingerprint density at radius 3 is 2.59 bits per heavy atom. The van der Waals surface area contributed by atoms with Crippen LogP contribution in [-0.2, 0) is 13.1 Å². The first-order valence-electron chi connectivity index (χ1n) is 10.7. The summed E-state index contributed by atoms with van der Waals surface area (Å²) in [6.07, 6.45) is 1.07. The summed E-state index contributed by atoms with van der Waals surface area (Å²) in [7, 11) is 0. The molecular weight excluding hydrogens is 526 g/mol. The first-order valence-corrected chi connectivity index (χ1v) is 10.7. The van der Waals surface area contributed by atoms with E-state index in [0.29, 0.717) is 50.7 Å². The van der Waals surface area contributed by atoms with Crippen molar-refractivity contribution in [1.82, 2.24) is 10.6 Å². The van der Waals surface area contributed by atoms with E-state index in [-0.39, 0.29) is 42.7 Å². The van der Waals surface area contributed by atoms with Gasteiger partial charge in [0.25, 0.3) is 0 Å². The summed E-state index contributed by atoms with van der Waals surface area (Å²) in [5, 5.41) is 16.2. The highest BCUT2D eigenvalue weighted by Gasteiger charge is 2.19. The summed E-state index contributed by atoms with van der Waals surface area (Å²) < 4.78 is 25.4. The van der Waals surface area contributed by atoms with E-state index in [1.807, 2.05) is 42.2 Å². The molecule has 2 heterocycles. The predicted molar refractivity (Wildman–Crippen MR) is 133 cm³/mol. The van der Waals surface area contributed by atoms with Gasteiger partial charge in [-0.05, 0) is 55.2 Å². The number of nitrogens with zero attached hydrogens (tertiary/aromatic N) is 2. The summed E-state index contributed by atoms with van der Waals surface area (Å²) in [4.78, 5) is 6.58. The Bertz CT molecular complexity index is 935. The average Bonchev–Trinajstić information content (AvgIpc) is 3.24. The maximum Gasteiger partial charge on any atom is 0.231 e. The van der Waals surface area contributed by atoms with Gasteiger partial charge in [-0.25, -0.2) is 9.38 Å². The summed E-state index contributed by atoms with van der Waals surface area (Å²) in [5.41, 5.74) is 2.45. The van der Waals surface area contributed by atoms with Crippen molar-refractivity contribution < 1.29 is 19.0 Å². The molecule has 0 radical (unpaired) electrons. The fourth-order valence-electron chi connectivity index (χ4n) is 3.76. The Labute approximate surface area is 205 Å². The highest BCUT2D eigenvalue weighted by atomic mass is 127. The normalized spacial score (nSPS) is 16.0. The molecule has 174 valence electrons. The Balaban J connectivity index is 0.00000289. The van der Waals surface area contributed by atoms with Crippen LogP contribution in [0.15, 0.2) is 41.4 Å². The first kappa shape index (κ1) is 24.4. The average molecular weight is 556 g/mol. The fraction of sp³-hybridized carbons (Fsp3) is 0.435. The van der Waals surface area contributed by atoms with Crippen LogP contribution in [0.4, 0.5) is 10.1 Å². The van der Waals surface area contributed by atoms with Gasteiger partial charge in [-0.1, -0.05) is 12.1 Å². The summed E-state index contributed by atoms with van der Waals surface area (Å²) in [6.45, 7) is 5.27. The molecule has 32 heavy (non-hydrogen) atoms. The Morgan fingerprint density at radius 1 is 1.09 bits per heavy atom. The maximum atomic E-state index is 14.7. The number of rotatable bonds is 6. The molecule has 2 aliphatic rings. The number of ether oxygens (including phenoxy) is 2. The minimum atomic E-state index is -0.275. The molecule has 0 atom stereocenters. The number of aliphatic hydroxyl groups is 1. The minimum Gasteiger partial charge on any atom is -0.454 e. The zero-order chi connectivity index (χ0) is 21.6. The third kappa shape index (κ3) is 6.16. The van der Waals surface area contributed by atoms with Crippen molar-refractivity contribution in [3.63, 3.8) is 0 Å². The lowest BCUT2D eigenvalue weighted by Gasteiger charge is -2.31.